The zero-order chi connectivity index (χ0) is 21.2. The molecular weight excluding hydrogens is 400 g/mol. The van der Waals surface area contributed by atoms with E-state index in [0.717, 1.165) is 36.6 Å². The van der Waals surface area contributed by atoms with Crippen LogP contribution < -0.4 is 0 Å². The summed E-state index contributed by atoms with van der Waals surface area (Å²) in [6.07, 6.45) is 0. The highest BCUT2D eigenvalue weighted by atomic mass is 32.1. The van der Waals surface area contributed by atoms with Crippen molar-refractivity contribution in [1.29, 1.82) is 0 Å². The summed E-state index contributed by atoms with van der Waals surface area (Å²) >= 11 is 1.62. The van der Waals surface area contributed by atoms with E-state index in [4.69, 9.17) is 0 Å². The van der Waals surface area contributed by atoms with Crippen LogP contribution >= 0.6 is 11.3 Å². The van der Waals surface area contributed by atoms with Crippen LogP contribution in [0.4, 0.5) is 0 Å². The highest BCUT2D eigenvalue weighted by Gasteiger charge is 2.29. The molecule has 4 heteroatoms. The Morgan fingerprint density at radius 2 is 1.32 bits per heavy atom. The molecular formula is C27H26N2OS. The molecule has 0 atom stereocenters. The molecule has 1 aromatic heterocycles. The zero-order valence-corrected chi connectivity index (χ0v) is 18.5. The number of carbonyl (C=O) groups excluding carboxylic acids is 1. The van der Waals surface area contributed by atoms with Gasteiger partial charge in [-0.1, -0.05) is 78.9 Å². The summed E-state index contributed by atoms with van der Waals surface area (Å²) in [6.45, 7) is 5.31. The second-order valence-corrected chi connectivity index (χ2v) is 9.16. The highest BCUT2D eigenvalue weighted by molar-refractivity contribution is 7.21. The van der Waals surface area contributed by atoms with Crippen LogP contribution in [-0.2, 0) is 0 Å². The molecule has 31 heavy (non-hydrogen) atoms. The number of benzene rings is 3. The van der Waals surface area contributed by atoms with E-state index < -0.39 is 0 Å². The Kier molecular flexibility index (Phi) is 5.58. The first-order chi connectivity index (χ1) is 15.2. The monoisotopic (exact) mass is 426 g/mol. The molecule has 3 nitrogen and oxygen atoms in total. The van der Waals surface area contributed by atoms with Crippen LogP contribution in [0.1, 0.15) is 32.4 Å². The van der Waals surface area contributed by atoms with Crippen molar-refractivity contribution in [3.8, 4) is 0 Å². The van der Waals surface area contributed by atoms with E-state index in [1.807, 2.05) is 17.0 Å². The number of aryl methyl sites for hydroxylation is 1. The molecule has 0 N–H and O–H groups in total. The van der Waals surface area contributed by atoms with Crippen molar-refractivity contribution >= 4 is 27.3 Å². The first kappa shape index (κ1) is 20.0. The molecule has 5 rings (SSSR count). The van der Waals surface area contributed by atoms with Crippen molar-refractivity contribution in [2.75, 3.05) is 26.2 Å². The smallest absolute Gasteiger partial charge is 0.264 e. The minimum Gasteiger partial charge on any atom is -0.335 e. The van der Waals surface area contributed by atoms with Gasteiger partial charge in [0.25, 0.3) is 5.91 Å². The summed E-state index contributed by atoms with van der Waals surface area (Å²) in [4.78, 5) is 18.7. The summed E-state index contributed by atoms with van der Waals surface area (Å²) in [5.41, 5.74) is 3.71. The van der Waals surface area contributed by atoms with Gasteiger partial charge in [0.1, 0.15) is 0 Å². The number of fused-ring (bicyclic) bond motifs is 1. The fraction of sp³-hybridized carbons (Fsp3) is 0.222. The molecule has 1 fully saturated rings. The predicted molar refractivity (Wildman–Crippen MR) is 129 cm³/mol. The van der Waals surface area contributed by atoms with E-state index in [-0.39, 0.29) is 11.9 Å². The van der Waals surface area contributed by atoms with Crippen LogP contribution in [0.2, 0.25) is 0 Å². The second kappa shape index (κ2) is 8.66. The third kappa shape index (κ3) is 3.89. The normalized spacial score (nSPS) is 15.0. The Morgan fingerprint density at radius 3 is 1.90 bits per heavy atom. The van der Waals surface area contributed by atoms with E-state index >= 15 is 0 Å². The van der Waals surface area contributed by atoms with E-state index in [2.05, 4.69) is 84.6 Å². The van der Waals surface area contributed by atoms with Gasteiger partial charge in [-0.3, -0.25) is 9.69 Å². The summed E-state index contributed by atoms with van der Waals surface area (Å²) in [6, 6.07) is 29.9. The lowest BCUT2D eigenvalue weighted by atomic mass is 9.96. The van der Waals surface area contributed by atoms with Crippen molar-refractivity contribution in [1.82, 2.24) is 9.80 Å². The van der Waals surface area contributed by atoms with Gasteiger partial charge in [-0.05, 0) is 35.1 Å². The van der Waals surface area contributed by atoms with Gasteiger partial charge < -0.3 is 4.90 Å². The summed E-state index contributed by atoms with van der Waals surface area (Å²) in [5.74, 6) is 0.175. The summed E-state index contributed by atoms with van der Waals surface area (Å²) < 4.78 is 1.19. The minimum atomic E-state index is 0.175. The van der Waals surface area contributed by atoms with Gasteiger partial charge >= 0.3 is 0 Å². The molecule has 0 spiro atoms. The predicted octanol–water partition coefficient (Wildman–Crippen LogP) is 5.76. The number of nitrogens with zero attached hydrogens (tertiary/aromatic N) is 2. The van der Waals surface area contributed by atoms with Crippen molar-refractivity contribution in [2.24, 2.45) is 0 Å². The van der Waals surface area contributed by atoms with Gasteiger partial charge in [0, 0.05) is 30.9 Å². The Labute approximate surface area is 187 Å². The SMILES string of the molecule is Cc1c(C(=O)N2CCN(C(c3ccccc3)c3ccccc3)CC2)sc2ccccc12. The molecule has 0 saturated carbocycles. The number of piperazine rings is 1. The third-order valence-electron chi connectivity index (χ3n) is 6.24. The lowest BCUT2D eigenvalue weighted by Gasteiger charge is -2.39. The zero-order valence-electron chi connectivity index (χ0n) is 17.7. The molecule has 1 saturated heterocycles. The van der Waals surface area contributed by atoms with E-state index in [1.165, 1.54) is 21.2 Å². The summed E-state index contributed by atoms with van der Waals surface area (Å²) in [5, 5.41) is 1.20. The molecule has 156 valence electrons. The number of carbonyl (C=O) groups is 1. The number of rotatable bonds is 4. The average molecular weight is 427 g/mol. The first-order valence-electron chi connectivity index (χ1n) is 10.8. The molecule has 0 radical (unpaired) electrons. The molecule has 0 unspecified atom stereocenters. The van der Waals surface area contributed by atoms with Crippen molar-refractivity contribution in [3.05, 3.63) is 106 Å². The highest BCUT2D eigenvalue weighted by Crippen LogP contribution is 2.33. The van der Waals surface area contributed by atoms with Crippen LogP contribution in [0.25, 0.3) is 10.1 Å². The maximum atomic E-state index is 13.3. The van der Waals surface area contributed by atoms with Crippen LogP contribution in [0.5, 0.6) is 0 Å². The van der Waals surface area contributed by atoms with Gasteiger partial charge in [0.15, 0.2) is 0 Å². The lowest BCUT2D eigenvalue weighted by Crippen LogP contribution is -2.49. The van der Waals surface area contributed by atoms with E-state index in [0.29, 0.717) is 0 Å². The first-order valence-corrected chi connectivity index (χ1v) is 11.7. The number of thiophene rings is 1. The second-order valence-electron chi connectivity index (χ2n) is 8.10. The van der Waals surface area contributed by atoms with Crippen LogP contribution in [-0.4, -0.2) is 41.9 Å². The summed E-state index contributed by atoms with van der Waals surface area (Å²) in [7, 11) is 0. The van der Waals surface area contributed by atoms with Crippen molar-refractivity contribution < 1.29 is 4.79 Å². The molecule has 4 aromatic rings. The molecule has 0 aliphatic carbocycles. The number of hydrogen-bond acceptors (Lipinski definition) is 3. The van der Waals surface area contributed by atoms with E-state index in [1.54, 1.807) is 11.3 Å². The Bertz CT molecular complexity index is 1140. The Balaban J connectivity index is 1.36. The third-order valence-corrected chi connectivity index (χ3v) is 7.50. The van der Waals surface area contributed by atoms with Gasteiger partial charge in [0.2, 0.25) is 0 Å². The van der Waals surface area contributed by atoms with Crippen LogP contribution in [0.3, 0.4) is 0 Å². The number of amides is 1. The molecule has 0 bridgehead atoms. The molecule has 1 aliphatic rings. The Morgan fingerprint density at radius 1 is 0.774 bits per heavy atom. The molecule has 1 aliphatic heterocycles. The molecule has 3 aromatic carbocycles. The van der Waals surface area contributed by atoms with Gasteiger partial charge in [0.05, 0.1) is 10.9 Å². The van der Waals surface area contributed by atoms with E-state index in [9.17, 15) is 4.79 Å². The fourth-order valence-corrected chi connectivity index (χ4v) is 5.77. The van der Waals surface area contributed by atoms with Gasteiger partial charge in [-0.25, -0.2) is 0 Å². The fourth-order valence-electron chi connectivity index (χ4n) is 4.59. The largest absolute Gasteiger partial charge is 0.335 e. The maximum Gasteiger partial charge on any atom is 0.264 e. The minimum absolute atomic E-state index is 0.175. The maximum absolute atomic E-state index is 13.3. The van der Waals surface area contributed by atoms with Gasteiger partial charge in [-0.15, -0.1) is 11.3 Å². The molecule has 1 amide bonds. The standard InChI is InChI=1S/C27H26N2OS/c1-20-23-14-8-9-15-24(23)31-26(20)27(30)29-18-16-28(17-19-29)25(21-10-4-2-5-11-21)22-12-6-3-7-13-22/h2-15,25H,16-19H2,1H3. The van der Waals surface area contributed by atoms with Gasteiger partial charge in [-0.2, -0.15) is 0 Å². The topological polar surface area (TPSA) is 23.6 Å². The Hall–Kier alpha value is -2.95. The van der Waals surface area contributed by atoms with Crippen molar-refractivity contribution in [2.45, 2.75) is 13.0 Å². The lowest BCUT2D eigenvalue weighted by molar-refractivity contribution is 0.0601. The van der Waals surface area contributed by atoms with Crippen LogP contribution in [0.15, 0.2) is 84.9 Å². The molecule has 2 heterocycles. The van der Waals surface area contributed by atoms with Crippen LogP contribution in [0, 0.1) is 6.92 Å². The average Bonchev–Trinajstić information content (AvgIpc) is 3.17. The quantitative estimate of drug-likeness (QED) is 0.414. The van der Waals surface area contributed by atoms with Crippen molar-refractivity contribution in [3.63, 3.8) is 0 Å². The number of hydrogen-bond donors (Lipinski definition) is 0.